The van der Waals surface area contributed by atoms with Crippen molar-refractivity contribution in [2.45, 2.75) is 13.0 Å². The van der Waals surface area contributed by atoms with Crippen molar-refractivity contribution in [1.82, 2.24) is 9.88 Å². The molecule has 1 aliphatic heterocycles. The molecule has 4 aromatic rings. The summed E-state index contributed by atoms with van der Waals surface area (Å²) < 4.78 is 12.4. The van der Waals surface area contributed by atoms with E-state index in [1.165, 1.54) is 5.56 Å². The average Bonchev–Trinajstić information content (AvgIpc) is 3.30. The van der Waals surface area contributed by atoms with E-state index in [1.54, 1.807) is 16.8 Å². The van der Waals surface area contributed by atoms with E-state index >= 15 is 0 Å². The first kappa shape index (κ1) is 19.6. The van der Waals surface area contributed by atoms with E-state index in [2.05, 4.69) is 17.1 Å². The van der Waals surface area contributed by atoms with Gasteiger partial charge in [0.15, 0.2) is 11.5 Å². The Morgan fingerprint density at radius 1 is 0.935 bits per heavy atom. The number of benzene rings is 3. The number of nitrogens with zero attached hydrogens (tertiary/aromatic N) is 2. The van der Waals surface area contributed by atoms with Gasteiger partial charge in [0.25, 0.3) is 5.91 Å². The highest BCUT2D eigenvalue weighted by Gasteiger charge is 2.19. The van der Waals surface area contributed by atoms with E-state index in [0.29, 0.717) is 31.9 Å². The lowest BCUT2D eigenvalue weighted by molar-refractivity contribution is 0.0745. The Morgan fingerprint density at radius 2 is 1.77 bits per heavy atom. The molecule has 5 nitrogen and oxygen atoms in total. The molecule has 3 aromatic carbocycles. The lowest BCUT2D eigenvalue weighted by atomic mass is 10.1. The third-order valence-corrected chi connectivity index (χ3v) is 6.15. The normalized spacial score (nSPS) is 12.6. The first-order chi connectivity index (χ1) is 15.3. The number of rotatable bonds is 6. The molecule has 2 heterocycles. The molecule has 31 heavy (non-hydrogen) atoms. The summed E-state index contributed by atoms with van der Waals surface area (Å²) >= 11 is 1.55. The van der Waals surface area contributed by atoms with E-state index < -0.39 is 0 Å². The van der Waals surface area contributed by atoms with E-state index in [1.807, 2.05) is 59.5 Å². The van der Waals surface area contributed by atoms with Gasteiger partial charge in [-0.1, -0.05) is 36.4 Å². The molecule has 156 valence electrons. The van der Waals surface area contributed by atoms with Crippen molar-refractivity contribution < 1.29 is 14.3 Å². The highest BCUT2D eigenvalue weighted by molar-refractivity contribution is 7.16. The Balaban J connectivity index is 1.41. The minimum atomic E-state index is 0.0149. The Hall–Kier alpha value is -3.38. The molecule has 0 N–H and O–H groups in total. The number of thiazole rings is 1. The predicted molar refractivity (Wildman–Crippen MR) is 122 cm³/mol. The Morgan fingerprint density at radius 3 is 2.65 bits per heavy atom. The third-order valence-electron chi connectivity index (χ3n) is 5.36. The Labute approximate surface area is 184 Å². The van der Waals surface area contributed by atoms with Crippen LogP contribution < -0.4 is 9.47 Å². The fourth-order valence-corrected chi connectivity index (χ4v) is 4.45. The van der Waals surface area contributed by atoms with Crippen molar-refractivity contribution in [2.75, 3.05) is 19.8 Å². The van der Waals surface area contributed by atoms with Crippen molar-refractivity contribution in [1.29, 1.82) is 0 Å². The van der Waals surface area contributed by atoms with E-state index in [9.17, 15) is 4.79 Å². The molecule has 0 saturated carbocycles. The zero-order valence-corrected chi connectivity index (χ0v) is 17.8. The molecule has 0 bridgehead atoms. The van der Waals surface area contributed by atoms with Crippen LogP contribution in [0.5, 0.6) is 11.5 Å². The van der Waals surface area contributed by atoms with Crippen LogP contribution in [-0.2, 0) is 13.0 Å². The second kappa shape index (κ2) is 8.78. The summed E-state index contributed by atoms with van der Waals surface area (Å²) in [6.45, 7) is 2.23. The summed E-state index contributed by atoms with van der Waals surface area (Å²) in [5.41, 5.74) is 5.64. The molecule has 1 aliphatic rings. The molecule has 0 fully saturated rings. The second-order valence-corrected chi connectivity index (χ2v) is 8.36. The minimum Gasteiger partial charge on any atom is -0.486 e. The van der Waals surface area contributed by atoms with Crippen molar-refractivity contribution in [3.8, 4) is 11.5 Å². The lowest BCUT2D eigenvalue weighted by Gasteiger charge is -2.24. The number of aromatic nitrogens is 1. The van der Waals surface area contributed by atoms with E-state index in [-0.39, 0.29) is 5.91 Å². The van der Waals surface area contributed by atoms with Crippen LogP contribution in [0.15, 0.2) is 72.2 Å². The summed E-state index contributed by atoms with van der Waals surface area (Å²) in [6.07, 6.45) is 0.792. The molecule has 0 aliphatic carbocycles. The predicted octanol–water partition coefficient (Wildman–Crippen LogP) is 4.95. The molecule has 1 amide bonds. The number of carbonyl (C=O) groups excluding carboxylic acids is 1. The van der Waals surface area contributed by atoms with Crippen molar-refractivity contribution in [3.05, 3.63) is 88.9 Å². The van der Waals surface area contributed by atoms with Gasteiger partial charge < -0.3 is 14.4 Å². The van der Waals surface area contributed by atoms with Crippen LogP contribution in [0, 0.1) is 0 Å². The monoisotopic (exact) mass is 430 g/mol. The molecule has 0 atom stereocenters. The summed E-state index contributed by atoms with van der Waals surface area (Å²) in [7, 11) is 0. The Bertz CT molecular complexity index is 1210. The molecule has 0 spiro atoms. The van der Waals surface area contributed by atoms with Crippen LogP contribution in [0.1, 0.15) is 21.5 Å². The standard InChI is InChI=1S/C25H22N2O3S/c28-25(20-7-8-21-24(15-20)31-17-26-21)27(11-10-18-4-2-1-3-5-18)16-19-6-9-22-23(14-19)30-13-12-29-22/h1-9,14-15,17H,10-13,16H2. The fraction of sp³-hybridized carbons (Fsp3) is 0.200. The van der Waals surface area contributed by atoms with Crippen LogP contribution in [0.4, 0.5) is 0 Å². The van der Waals surface area contributed by atoms with Crippen LogP contribution in [0.3, 0.4) is 0 Å². The first-order valence-corrected chi connectivity index (χ1v) is 11.2. The van der Waals surface area contributed by atoms with Crippen LogP contribution in [-0.4, -0.2) is 35.5 Å². The smallest absolute Gasteiger partial charge is 0.254 e. The highest BCUT2D eigenvalue weighted by atomic mass is 32.1. The molecular weight excluding hydrogens is 408 g/mol. The zero-order chi connectivity index (χ0) is 21.0. The number of ether oxygens (including phenoxy) is 2. The second-order valence-electron chi connectivity index (χ2n) is 7.48. The van der Waals surface area contributed by atoms with Gasteiger partial charge in [-0.15, -0.1) is 11.3 Å². The van der Waals surface area contributed by atoms with E-state index in [0.717, 1.165) is 33.7 Å². The number of fused-ring (bicyclic) bond motifs is 2. The van der Waals surface area contributed by atoms with Gasteiger partial charge in [-0.25, -0.2) is 4.98 Å². The maximum absolute atomic E-state index is 13.5. The number of hydrogen-bond donors (Lipinski definition) is 0. The van der Waals surface area contributed by atoms with Gasteiger partial charge in [0.05, 0.1) is 15.7 Å². The molecule has 0 radical (unpaired) electrons. The average molecular weight is 431 g/mol. The van der Waals surface area contributed by atoms with Gasteiger partial charge in [0, 0.05) is 18.7 Å². The topological polar surface area (TPSA) is 51.7 Å². The van der Waals surface area contributed by atoms with Gasteiger partial charge in [-0.05, 0) is 47.9 Å². The molecular formula is C25H22N2O3S. The molecule has 1 aromatic heterocycles. The van der Waals surface area contributed by atoms with Crippen LogP contribution in [0.2, 0.25) is 0 Å². The van der Waals surface area contributed by atoms with Gasteiger partial charge in [-0.2, -0.15) is 0 Å². The quantitative estimate of drug-likeness (QED) is 0.434. The van der Waals surface area contributed by atoms with Crippen LogP contribution in [0.25, 0.3) is 10.2 Å². The number of carbonyl (C=O) groups is 1. The molecule has 0 unspecified atom stereocenters. The molecule has 6 heteroatoms. The zero-order valence-electron chi connectivity index (χ0n) is 17.0. The maximum Gasteiger partial charge on any atom is 0.254 e. The third kappa shape index (κ3) is 4.39. The maximum atomic E-state index is 13.5. The van der Waals surface area contributed by atoms with Crippen molar-refractivity contribution in [2.24, 2.45) is 0 Å². The lowest BCUT2D eigenvalue weighted by Crippen LogP contribution is -2.32. The van der Waals surface area contributed by atoms with Gasteiger partial charge in [0.2, 0.25) is 0 Å². The van der Waals surface area contributed by atoms with Crippen molar-refractivity contribution in [3.63, 3.8) is 0 Å². The summed E-state index contributed by atoms with van der Waals surface area (Å²) in [6, 6.07) is 21.9. The molecule has 0 saturated heterocycles. The summed E-state index contributed by atoms with van der Waals surface area (Å²) in [4.78, 5) is 19.7. The largest absolute Gasteiger partial charge is 0.486 e. The number of hydrogen-bond acceptors (Lipinski definition) is 5. The Kier molecular flexibility index (Phi) is 5.54. The fourth-order valence-electron chi connectivity index (χ4n) is 3.74. The van der Waals surface area contributed by atoms with Gasteiger partial charge in [-0.3, -0.25) is 4.79 Å². The van der Waals surface area contributed by atoms with Crippen LogP contribution >= 0.6 is 11.3 Å². The van der Waals surface area contributed by atoms with E-state index in [4.69, 9.17) is 9.47 Å². The molecule has 5 rings (SSSR count). The summed E-state index contributed by atoms with van der Waals surface area (Å²) in [5.74, 6) is 1.51. The number of amides is 1. The summed E-state index contributed by atoms with van der Waals surface area (Å²) in [5, 5.41) is 0. The highest BCUT2D eigenvalue weighted by Crippen LogP contribution is 2.31. The van der Waals surface area contributed by atoms with Gasteiger partial charge in [0.1, 0.15) is 13.2 Å². The SMILES string of the molecule is O=C(c1ccc2ncsc2c1)N(CCc1ccccc1)Cc1ccc2c(c1)OCCO2. The minimum absolute atomic E-state index is 0.0149. The first-order valence-electron chi connectivity index (χ1n) is 10.3. The van der Waals surface area contributed by atoms with Gasteiger partial charge >= 0.3 is 0 Å². The van der Waals surface area contributed by atoms with Crippen molar-refractivity contribution >= 4 is 27.5 Å².